The van der Waals surface area contributed by atoms with Crippen LogP contribution in [-0.2, 0) is 31.9 Å². The maximum Gasteiger partial charge on any atom is 0.332 e. The number of rotatable bonds is 7. The molecule has 0 atom stereocenters. The highest BCUT2D eigenvalue weighted by Gasteiger charge is 2.22. The minimum absolute atomic E-state index is 0.171. The summed E-state index contributed by atoms with van der Waals surface area (Å²) in [5.41, 5.74) is 0.127. The summed E-state index contributed by atoms with van der Waals surface area (Å²) in [6.07, 6.45) is 0. The average molecular weight is 380 g/mol. The summed E-state index contributed by atoms with van der Waals surface area (Å²) < 4.78 is 9.62. The van der Waals surface area contributed by atoms with Gasteiger partial charge in [-0.25, -0.2) is 9.78 Å². The first-order valence-corrected chi connectivity index (χ1v) is 9.17. The van der Waals surface area contributed by atoms with E-state index in [0.29, 0.717) is 37.4 Å². The summed E-state index contributed by atoms with van der Waals surface area (Å²) in [7, 11) is 4.74. The Morgan fingerprint density at radius 2 is 1.70 bits per heavy atom. The number of ether oxygens (including phenoxy) is 1. The molecule has 0 saturated carbocycles. The number of aromatic nitrogens is 4. The molecule has 10 nitrogen and oxygen atoms in total. The predicted octanol–water partition coefficient (Wildman–Crippen LogP) is -1.81. The van der Waals surface area contributed by atoms with E-state index in [0.717, 1.165) is 36.6 Å². The van der Waals surface area contributed by atoms with Crippen molar-refractivity contribution in [2.24, 2.45) is 14.1 Å². The lowest BCUT2D eigenvalue weighted by Crippen LogP contribution is -2.47. The molecule has 150 valence electrons. The molecule has 3 heterocycles. The first-order chi connectivity index (χ1) is 13.0. The smallest absolute Gasteiger partial charge is 0.332 e. The fourth-order valence-corrected chi connectivity index (χ4v) is 3.55. The largest absolute Gasteiger partial charge is 0.395 e. The van der Waals surface area contributed by atoms with Gasteiger partial charge in [0.25, 0.3) is 5.56 Å². The zero-order chi connectivity index (χ0) is 19.6. The second-order valence-electron chi connectivity index (χ2n) is 6.89. The maximum atomic E-state index is 12.7. The quantitative estimate of drug-likeness (QED) is 0.605. The van der Waals surface area contributed by atoms with E-state index in [1.807, 2.05) is 4.57 Å². The third kappa shape index (κ3) is 3.84. The maximum absolute atomic E-state index is 12.7. The Kier molecular flexibility index (Phi) is 6.10. The van der Waals surface area contributed by atoms with E-state index in [1.165, 1.54) is 11.6 Å². The Morgan fingerprint density at radius 1 is 1.04 bits per heavy atom. The van der Waals surface area contributed by atoms with E-state index in [-0.39, 0.29) is 17.9 Å². The predicted molar refractivity (Wildman–Crippen MR) is 101 cm³/mol. The third-order valence-corrected chi connectivity index (χ3v) is 5.19. The van der Waals surface area contributed by atoms with Crippen molar-refractivity contribution in [1.29, 1.82) is 0 Å². The van der Waals surface area contributed by atoms with Crippen molar-refractivity contribution in [3.63, 3.8) is 0 Å². The normalized spacial score (nSPS) is 16.4. The molecule has 3 rings (SSSR count). The van der Waals surface area contributed by atoms with Crippen LogP contribution in [0.3, 0.4) is 0 Å². The Morgan fingerprint density at radius 3 is 2.33 bits per heavy atom. The van der Waals surface area contributed by atoms with Gasteiger partial charge in [0, 0.05) is 60.5 Å². The van der Waals surface area contributed by atoms with Gasteiger partial charge in [-0.2, -0.15) is 0 Å². The van der Waals surface area contributed by atoms with Gasteiger partial charge in [-0.15, -0.1) is 0 Å². The number of nitrogens with zero attached hydrogens (tertiary/aromatic N) is 6. The van der Waals surface area contributed by atoms with Crippen molar-refractivity contribution >= 4 is 11.2 Å². The number of aliphatic hydroxyl groups is 1. The molecule has 0 unspecified atom stereocenters. The van der Waals surface area contributed by atoms with Crippen LogP contribution < -0.4 is 11.2 Å². The van der Waals surface area contributed by atoms with Crippen LogP contribution in [0.2, 0.25) is 0 Å². The van der Waals surface area contributed by atoms with E-state index < -0.39 is 0 Å². The molecule has 1 N–H and O–H groups in total. The number of imidazole rings is 1. The first kappa shape index (κ1) is 19.7. The summed E-state index contributed by atoms with van der Waals surface area (Å²) in [6, 6.07) is 0. The van der Waals surface area contributed by atoms with Crippen LogP contribution in [0, 0.1) is 0 Å². The lowest BCUT2D eigenvalue weighted by atomic mass is 10.3. The second kappa shape index (κ2) is 8.34. The molecule has 0 aliphatic carbocycles. The van der Waals surface area contributed by atoms with Gasteiger partial charge in [-0.05, 0) is 0 Å². The zero-order valence-electron chi connectivity index (χ0n) is 16.2. The van der Waals surface area contributed by atoms with Crippen LogP contribution >= 0.6 is 0 Å². The highest BCUT2D eigenvalue weighted by atomic mass is 16.5. The standard InChI is InChI=1S/C17H28N6O4/c1-19-15-14(16(25)20(2)17(19)26)23(9-11-27-3)13(18-15)12-22-6-4-21(5-7-22)8-10-24/h24H,4-12H2,1-3H3. The fourth-order valence-electron chi connectivity index (χ4n) is 3.55. The topological polar surface area (TPSA) is 97.8 Å². The summed E-state index contributed by atoms with van der Waals surface area (Å²) in [5, 5.41) is 9.08. The molecule has 0 spiro atoms. The molecule has 0 aromatic carbocycles. The van der Waals surface area contributed by atoms with E-state index in [9.17, 15) is 9.59 Å². The van der Waals surface area contributed by atoms with E-state index in [2.05, 4.69) is 14.8 Å². The van der Waals surface area contributed by atoms with Gasteiger partial charge in [0.15, 0.2) is 11.2 Å². The summed E-state index contributed by atoms with van der Waals surface area (Å²) in [5.74, 6) is 0.760. The zero-order valence-corrected chi connectivity index (χ0v) is 16.2. The highest BCUT2D eigenvalue weighted by molar-refractivity contribution is 5.71. The third-order valence-electron chi connectivity index (χ3n) is 5.19. The molecule has 2 aromatic rings. The summed E-state index contributed by atoms with van der Waals surface area (Å²) in [4.78, 5) is 34.1. The van der Waals surface area contributed by atoms with Crippen LogP contribution in [-0.4, -0.2) is 86.6 Å². The fraction of sp³-hybridized carbons (Fsp3) is 0.706. The van der Waals surface area contributed by atoms with Crippen molar-refractivity contribution in [1.82, 2.24) is 28.5 Å². The minimum atomic E-state index is -0.381. The molecule has 27 heavy (non-hydrogen) atoms. The van der Waals surface area contributed by atoms with Crippen LogP contribution in [0.25, 0.3) is 11.2 Å². The number of fused-ring (bicyclic) bond motifs is 1. The number of hydrogen-bond acceptors (Lipinski definition) is 7. The monoisotopic (exact) mass is 380 g/mol. The lowest BCUT2D eigenvalue weighted by molar-refractivity contribution is 0.105. The van der Waals surface area contributed by atoms with Gasteiger partial charge >= 0.3 is 5.69 Å². The number of hydrogen-bond donors (Lipinski definition) is 1. The van der Waals surface area contributed by atoms with Crippen LogP contribution in [0.1, 0.15) is 5.82 Å². The number of aliphatic hydroxyl groups excluding tert-OH is 1. The van der Waals surface area contributed by atoms with Gasteiger partial charge in [0.05, 0.1) is 19.8 Å². The van der Waals surface area contributed by atoms with Crippen molar-refractivity contribution in [2.45, 2.75) is 13.1 Å². The lowest BCUT2D eigenvalue weighted by Gasteiger charge is -2.34. The molecule has 1 fully saturated rings. The Bertz CT molecular complexity index is 907. The van der Waals surface area contributed by atoms with E-state index in [4.69, 9.17) is 9.84 Å². The first-order valence-electron chi connectivity index (χ1n) is 9.17. The molecular formula is C17H28N6O4. The Labute approximate surface area is 157 Å². The molecule has 0 radical (unpaired) electrons. The Balaban J connectivity index is 1.95. The van der Waals surface area contributed by atoms with Crippen molar-refractivity contribution in [3.05, 3.63) is 26.7 Å². The molecule has 1 aliphatic heterocycles. The minimum Gasteiger partial charge on any atom is -0.395 e. The van der Waals surface area contributed by atoms with Crippen molar-refractivity contribution in [2.75, 3.05) is 53.0 Å². The Hall–Kier alpha value is -2.01. The van der Waals surface area contributed by atoms with Gasteiger partial charge in [0.1, 0.15) is 5.82 Å². The SMILES string of the molecule is COCCn1c(CN2CCN(CCO)CC2)nc2c1c(=O)n(C)c(=O)n2C. The van der Waals surface area contributed by atoms with E-state index >= 15 is 0 Å². The molecule has 2 aromatic heterocycles. The molecule has 10 heteroatoms. The van der Waals surface area contributed by atoms with Crippen LogP contribution in [0.15, 0.2) is 9.59 Å². The highest BCUT2D eigenvalue weighted by Crippen LogP contribution is 2.14. The van der Waals surface area contributed by atoms with Crippen molar-refractivity contribution in [3.8, 4) is 0 Å². The van der Waals surface area contributed by atoms with Gasteiger partial charge < -0.3 is 14.4 Å². The number of methoxy groups -OCH3 is 1. The molecule has 0 amide bonds. The average Bonchev–Trinajstić information content (AvgIpc) is 3.03. The molecular weight excluding hydrogens is 352 g/mol. The van der Waals surface area contributed by atoms with E-state index in [1.54, 1.807) is 14.2 Å². The summed E-state index contributed by atoms with van der Waals surface area (Å²) in [6.45, 7) is 5.92. The van der Waals surface area contributed by atoms with Crippen LogP contribution in [0.4, 0.5) is 0 Å². The number of piperazine rings is 1. The van der Waals surface area contributed by atoms with Crippen molar-refractivity contribution < 1.29 is 9.84 Å². The molecule has 1 saturated heterocycles. The number of β-amino-alcohol motifs (C(OH)–C–C–N with tert-alkyl or cyclic N) is 1. The second-order valence-corrected chi connectivity index (χ2v) is 6.89. The van der Waals surface area contributed by atoms with Gasteiger partial charge in [-0.3, -0.25) is 23.7 Å². The summed E-state index contributed by atoms with van der Waals surface area (Å²) >= 11 is 0. The van der Waals surface area contributed by atoms with Crippen LogP contribution in [0.5, 0.6) is 0 Å². The molecule has 0 bridgehead atoms. The van der Waals surface area contributed by atoms with Gasteiger partial charge in [-0.1, -0.05) is 0 Å². The number of aryl methyl sites for hydroxylation is 1. The molecule has 1 aliphatic rings. The van der Waals surface area contributed by atoms with Gasteiger partial charge in [0.2, 0.25) is 0 Å².